The fourth-order valence-corrected chi connectivity index (χ4v) is 2.25. The number of anilines is 1. The fraction of sp³-hybridized carbons (Fsp3) is 0.167. The smallest absolute Gasteiger partial charge is 0.227 e. The van der Waals surface area contributed by atoms with Crippen molar-refractivity contribution in [1.29, 1.82) is 0 Å². The molecule has 0 saturated carbocycles. The number of nitrogens with zero attached hydrogens (tertiary/aromatic N) is 4. The van der Waals surface area contributed by atoms with E-state index < -0.39 is 0 Å². The maximum atomic E-state index is 5.89. The number of benzene rings is 1. The monoisotopic (exact) mass is 322 g/mol. The molecule has 0 aliphatic rings. The van der Waals surface area contributed by atoms with Crippen molar-refractivity contribution < 1.29 is 9.47 Å². The fourth-order valence-electron chi connectivity index (χ4n) is 2.25. The minimum absolute atomic E-state index is 0.475. The molecular formula is C18H18N4O2. The van der Waals surface area contributed by atoms with Crippen molar-refractivity contribution in [1.82, 2.24) is 15.0 Å². The lowest BCUT2D eigenvalue weighted by Crippen LogP contribution is -2.12. The molecule has 0 bridgehead atoms. The van der Waals surface area contributed by atoms with Gasteiger partial charge in [-0.15, -0.1) is 0 Å². The van der Waals surface area contributed by atoms with E-state index in [0.29, 0.717) is 17.6 Å². The quantitative estimate of drug-likeness (QED) is 0.717. The van der Waals surface area contributed by atoms with E-state index in [9.17, 15) is 0 Å². The van der Waals surface area contributed by atoms with Gasteiger partial charge in [0.1, 0.15) is 5.75 Å². The maximum absolute atomic E-state index is 5.89. The van der Waals surface area contributed by atoms with Gasteiger partial charge in [-0.25, -0.2) is 15.0 Å². The van der Waals surface area contributed by atoms with Crippen LogP contribution in [0.4, 0.5) is 5.95 Å². The Hall–Kier alpha value is -3.15. The van der Waals surface area contributed by atoms with Crippen LogP contribution in [-0.4, -0.2) is 36.2 Å². The lowest BCUT2D eigenvalue weighted by atomic mass is 10.1. The molecule has 24 heavy (non-hydrogen) atoms. The number of aromatic nitrogens is 3. The third kappa shape index (κ3) is 3.27. The van der Waals surface area contributed by atoms with Crippen LogP contribution in [-0.2, 0) is 0 Å². The molecule has 2 aromatic heterocycles. The first-order valence-corrected chi connectivity index (χ1v) is 7.44. The minimum Gasteiger partial charge on any atom is -0.496 e. The van der Waals surface area contributed by atoms with Crippen molar-refractivity contribution >= 4 is 5.95 Å². The molecule has 0 radical (unpaired) electrons. The van der Waals surface area contributed by atoms with Crippen LogP contribution in [0.15, 0.2) is 55.0 Å². The van der Waals surface area contributed by atoms with E-state index in [4.69, 9.17) is 9.47 Å². The Morgan fingerprint density at radius 3 is 2.29 bits per heavy atom. The summed E-state index contributed by atoms with van der Waals surface area (Å²) in [7, 11) is 5.41. The summed E-state index contributed by atoms with van der Waals surface area (Å²) >= 11 is 0. The second kappa shape index (κ2) is 6.95. The molecule has 0 fully saturated rings. The first-order valence-electron chi connectivity index (χ1n) is 7.44. The molecule has 0 aliphatic heterocycles. The molecule has 1 aromatic carbocycles. The lowest BCUT2D eigenvalue weighted by Gasteiger charge is -2.13. The summed E-state index contributed by atoms with van der Waals surface area (Å²) in [5, 5.41) is 0. The van der Waals surface area contributed by atoms with Crippen molar-refractivity contribution in [3.63, 3.8) is 0 Å². The summed E-state index contributed by atoms with van der Waals surface area (Å²) in [5.74, 6) is 2.38. The Morgan fingerprint density at radius 2 is 1.58 bits per heavy atom. The van der Waals surface area contributed by atoms with Crippen LogP contribution in [0, 0.1) is 0 Å². The maximum Gasteiger partial charge on any atom is 0.227 e. The third-order valence-electron chi connectivity index (χ3n) is 3.40. The summed E-state index contributed by atoms with van der Waals surface area (Å²) in [6.45, 7) is 0. The normalized spacial score (nSPS) is 10.3. The summed E-state index contributed by atoms with van der Waals surface area (Å²) in [4.78, 5) is 14.7. The topological polar surface area (TPSA) is 60.4 Å². The predicted molar refractivity (Wildman–Crippen MR) is 92.7 cm³/mol. The molecule has 122 valence electrons. The van der Waals surface area contributed by atoms with Gasteiger partial charge in [0, 0.05) is 31.4 Å². The molecule has 3 aromatic rings. The number of rotatable bonds is 5. The Morgan fingerprint density at radius 1 is 0.875 bits per heavy atom. The summed E-state index contributed by atoms with van der Waals surface area (Å²) in [6, 6.07) is 11.5. The van der Waals surface area contributed by atoms with Crippen molar-refractivity contribution in [2.24, 2.45) is 0 Å². The highest BCUT2D eigenvalue weighted by Gasteiger charge is 2.13. The third-order valence-corrected chi connectivity index (χ3v) is 3.40. The number of ether oxygens (including phenoxy) is 2. The lowest BCUT2D eigenvalue weighted by molar-refractivity contribution is 0.415. The SMILES string of the molecule is COc1ccccc1-c1cccnc1Oc1cnc(N(C)C)nc1. The van der Waals surface area contributed by atoms with Crippen molar-refractivity contribution in [3.05, 3.63) is 55.0 Å². The van der Waals surface area contributed by atoms with Crippen LogP contribution in [0.5, 0.6) is 17.4 Å². The Kier molecular flexibility index (Phi) is 4.56. The summed E-state index contributed by atoms with van der Waals surface area (Å²) in [6.07, 6.45) is 4.94. The van der Waals surface area contributed by atoms with E-state index in [0.717, 1.165) is 16.9 Å². The van der Waals surface area contributed by atoms with Gasteiger partial charge in [-0.05, 0) is 18.2 Å². The Labute approximate surface area is 140 Å². The number of methoxy groups -OCH3 is 1. The van der Waals surface area contributed by atoms with Crippen molar-refractivity contribution in [2.75, 3.05) is 26.1 Å². The van der Waals surface area contributed by atoms with E-state index >= 15 is 0 Å². The first kappa shape index (κ1) is 15.7. The minimum atomic E-state index is 0.475. The number of hydrogen-bond acceptors (Lipinski definition) is 6. The van der Waals surface area contributed by atoms with Gasteiger partial charge in [0.2, 0.25) is 11.8 Å². The second-order valence-electron chi connectivity index (χ2n) is 5.27. The zero-order valence-corrected chi connectivity index (χ0v) is 13.8. The second-order valence-corrected chi connectivity index (χ2v) is 5.27. The molecule has 0 N–H and O–H groups in total. The van der Waals surface area contributed by atoms with Crippen LogP contribution in [0.25, 0.3) is 11.1 Å². The molecule has 6 nitrogen and oxygen atoms in total. The van der Waals surface area contributed by atoms with Crippen LogP contribution in [0.1, 0.15) is 0 Å². The first-order chi connectivity index (χ1) is 11.7. The van der Waals surface area contributed by atoms with E-state index in [1.807, 2.05) is 55.4 Å². The zero-order chi connectivity index (χ0) is 16.9. The largest absolute Gasteiger partial charge is 0.496 e. The molecule has 0 saturated heterocycles. The van der Waals surface area contributed by atoms with Crippen molar-refractivity contribution in [3.8, 4) is 28.5 Å². The van der Waals surface area contributed by atoms with Gasteiger partial charge in [0.05, 0.1) is 19.5 Å². The Bertz CT molecular complexity index is 819. The molecule has 0 amide bonds. The van der Waals surface area contributed by atoms with Gasteiger partial charge in [0.25, 0.3) is 0 Å². The van der Waals surface area contributed by atoms with Gasteiger partial charge in [-0.2, -0.15) is 0 Å². The summed E-state index contributed by atoms with van der Waals surface area (Å²) < 4.78 is 11.3. The number of para-hydroxylation sites is 1. The predicted octanol–water partition coefficient (Wildman–Crippen LogP) is 3.41. The van der Waals surface area contributed by atoms with E-state index in [1.165, 1.54) is 0 Å². The van der Waals surface area contributed by atoms with Crippen molar-refractivity contribution in [2.45, 2.75) is 0 Å². The van der Waals surface area contributed by atoms with Gasteiger partial charge in [-0.1, -0.05) is 18.2 Å². The standard InChI is InChI=1S/C18H18N4O2/c1-22(2)18-20-11-13(12-21-18)24-17-15(8-6-10-19-17)14-7-4-5-9-16(14)23-3/h4-12H,1-3H3. The average Bonchev–Trinajstić information content (AvgIpc) is 2.62. The van der Waals surface area contributed by atoms with Crippen LogP contribution in [0.3, 0.4) is 0 Å². The highest BCUT2D eigenvalue weighted by atomic mass is 16.5. The van der Waals surface area contributed by atoms with Crippen LogP contribution < -0.4 is 14.4 Å². The molecule has 0 atom stereocenters. The Balaban J connectivity index is 1.95. The molecule has 3 rings (SSSR count). The van der Waals surface area contributed by atoms with Gasteiger partial charge < -0.3 is 14.4 Å². The number of pyridine rings is 1. The highest BCUT2D eigenvalue weighted by molar-refractivity contribution is 5.74. The van der Waals surface area contributed by atoms with Gasteiger partial charge in [-0.3, -0.25) is 0 Å². The average molecular weight is 322 g/mol. The number of hydrogen-bond donors (Lipinski definition) is 0. The molecule has 0 aliphatic carbocycles. The molecule has 6 heteroatoms. The molecule has 0 spiro atoms. The zero-order valence-electron chi connectivity index (χ0n) is 13.8. The highest BCUT2D eigenvalue weighted by Crippen LogP contribution is 2.36. The van der Waals surface area contributed by atoms with Crippen LogP contribution in [0.2, 0.25) is 0 Å². The molecular weight excluding hydrogens is 304 g/mol. The summed E-state index contributed by atoms with van der Waals surface area (Å²) in [5.41, 5.74) is 1.75. The van der Waals surface area contributed by atoms with E-state index in [-0.39, 0.29) is 0 Å². The van der Waals surface area contributed by atoms with Crippen LogP contribution >= 0.6 is 0 Å². The van der Waals surface area contributed by atoms with Gasteiger partial charge >= 0.3 is 0 Å². The van der Waals surface area contributed by atoms with Gasteiger partial charge in [0.15, 0.2) is 5.75 Å². The molecule has 2 heterocycles. The van der Waals surface area contributed by atoms with E-state index in [2.05, 4.69) is 15.0 Å². The molecule has 0 unspecified atom stereocenters. The van der Waals surface area contributed by atoms with E-state index in [1.54, 1.807) is 25.7 Å².